The first-order valence-corrected chi connectivity index (χ1v) is 24.5. The zero-order valence-electron chi connectivity index (χ0n) is 36.6. The van der Waals surface area contributed by atoms with Gasteiger partial charge in [0.1, 0.15) is 12.6 Å². The number of carboxylic acids is 1. The second-order valence-corrected chi connectivity index (χ2v) is 17.0. The molecule has 3 atom stereocenters. The first kappa shape index (κ1) is 55.7. The molecule has 0 amide bonds. The minimum absolute atomic E-state index is 0.151. The van der Waals surface area contributed by atoms with E-state index >= 15 is 0 Å². The van der Waals surface area contributed by atoms with Gasteiger partial charge >= 0.3 is 25.7 Å². The van der Waals surface area contributed by atoms with Crippen molar-refractivity contribution in [2.45, 2.75) is 219 Å². The molecule has 0 spiro atoms. The molecule has 0 saturated heterocycles. The van der Waals surface area contributed by atoms with Crippen molar-refractivity contribution in [1.82, 2.24) is 0 Å². The summed E-state index contributed by atoms with van der Waals surface area (Å²) in [4.78, 5) is 46.0. The van der Waals surface area contributed by atoms with E-state index in [4.69, 9.17) is 24.8 Å². The van der Waals surface area contributed by atoms with Crippen LogP contribution >= 0.6 is 7.82 Å². The van der Waals surface area contributed by atoms with E-state index in [1.807, 2.05) is 0 Å². The van der Waals surface area contributed by atoms with Crippen molar-refractivity contribution in [2.24, 2.45) is 5.73 Å². The van der Waals surface area contributed by atoms with Crippen LogP contribution in [0.3, 0.4) is 0 Å². The number of carbonyl (C=O) groups is 3. The quantitative estimate of drug-likeness (QED) is 0.0231. The van der Waals surface area contributed by atoms with Gasteiger partial charge in [0.25, 0.3) is 0 Å². The van der Waals surface area contributed by atoms with Crippen LogP contribution in [0, 0.1) is 0 Å². The molecule has 0 aliphatic rings. The lowest BCUT2D eigenvalue weighted by atomic mass is 10.1. The molecule has 0 radical (unpaired) electrons. The van der Waals surface area contributed by atoms with Crippen molar-refractivity contribution < 1.29 is 47.5 Å². The average Bonchev–Trinajstić information content (AvgIpc) is 3.20. The number of ether oxygens (including phenoxy) is 2. The maximum atomic E-state index is 12.6. The lowest BCUT2D eigenvalue weighted by Gasteiger charge is -2.20. The maximum absolute atomic E-state index is 12.6. The number of nitrogens with two attached hydrogens (primary N) is 1. The molecule has 1 unspecified atom stereocenters. The standard InChI is InChI=1S/C46H84NO10P/c1-3-5-7-9-11-13-15-17-19-20-21-22-24-25-27-29-31-33-35-37-44(48)54-39-42(40-55-58(52,53)56-41-43(47)46(50)51)57-45(49)38-36-34-32-30-28-26-23-18-16-14-12-10-8-6-4-2/h11,13,17-19,23,42-43H,3-10,12,14-16,20-22,24-41,47H2,1-2H3,(H,50,51)(H,52,53)/b13-11-,19-17-,23-18-/t42-,43+/m1/s1. The molecule has 0 fully saturated rings. The van der Waals surface area contributed by atoms with Crippen LogP contribution in [-0.4, -0.2) is 59.9 Å². The van der Waals surface area contributed by atoms with Gasteiger partial charge in [-0.25, -0.2) is 4.57 Å². The highest BCUT2D eigenvalue weighted by molar-refractivity contribution is 7.47. The van der Waals surface area contributed by atoms with Gasteiger partial charge in [0.2, 0.25) is 0 Å². The molecule has 0 aromatic carbocycles. The smallest absolute Gasteiger partial charge is 0.472 e. The lowest BCUT2D eigenvalue weighted by Crippen LogP contribution is -2.34. The number of unbranched alkanes of at least 4 members (excludes halogenated alkanes) is 23. The molecule has 0 aliphatic carbocycles. The summed E-state index contributed by atoms with van der Waals surface area (Å²) in [6, 6.07) is -1.52. The van der Waals surface area contributed by atoms with Crippen LogP contribution in [-0.2, 0) is 37.5 Å². The number of aliphatic carboxylic acids is 1. The van der Waals surface area contributed by atoms with Gasteiger partial charge in [-0.15, -0.1) is 0 Å². The third kappa shape index (κ3) is 40.5. The predicted molar refractivity (Wildman–Crippen MR) is 235 cm³/mol. The number of phosphoric acid groups is 1. The minimum Gasteiger partial charge on any atom is -0.480 e. The molecule has 338 valence electrons. The van der Waals surface area contributed by atoms with E-state index < -0.39 is 51.1 Å². The second-order valence-electron chi connectivity index (χ2n) is 15.5. The molecule has 58 heavy (non-hydrogen) atoms. The summed E-state index contributed by atoms with van der Waals surface area (Å²) in [5.41, 5.74) is 5.34. The first-order chi connectivity index (χ1) is 28.1. The molecule has 0 heterocycles. The van der Waals surface area contributed by atoms with Gasteiger partial charge in [-0.2, -0.15) is 0 Å². The number of allylic oxidation sites excluding steroid dienone is 6. The summed E-state index contributed by atoms with van der Waals surface area (Å²) < 4.78 is 32.7. The average molecular weight is 842 g/mol. The molecule has 11 nitrogen and oxygen atoms in total. The third-order valence-electron chi connectivity index (χ3n) is 9.86. The topological polar surface area (TPSA) is 172 Å². The van der Waals surface area contributed by atoms with Gasteiger partial charge in [-0.05, 0) is 70.6 Å². The van der Waals surface area contributed by atoms with Gasteiger partial charge in [0, 0.05) is 12.8 Å². The number of carboxylic acid groups (broad SMARTS) is 1. The first-order valence-electron chi connectivity index (χ1n) is 23.0. The lowest BCUT2D eigenvalue weighted by molar-refractivity contribution is -0.161. The third-order valence-corrected chi connectivity index (χ3v) is 10.8. The highest BCUT2D eigenvalue weighted by atomic mass is 31.2. The van der Waals surface area contributed by atoms with Crippen molar-refractivity contribution in [3.8, 4) is 0 Å². The summed E-state index contributed by atoms with van der Waals surface area (Å²) in [6.45, 7) is 2.77. The molecular weight excluding hydrogens is 757 g/mol. The number of hydrogen-bond acceptors (Lipinski definition) is 9. The van der Waals surface area contributed by atoms with Gasteiger partial charge in [0.15, 0.2) is 6.10 Å². The van der Waals surface area contributed by atoms with Gasteiger partial charge in [-0.1, -0.05) is 159 Å². The van der Waals surface area contributed by atoms with Crippen molar-refractivity contribution in [3.05, 3.63) is 36.5 Å². The van der Waals surface area contributed by atoms with Crippen LogP contribution in [0.1, 0.15) is 206 Å². The number of hydrogen-bond donors (Lipinski definition) is 3. The van der Waals surface area contributed by atoms with Crippen LogP contribution in [0.4, 0.5) is 0 Å². The van der Waals surface area contributed by atoms with Crippen LogP contribution in [0.5, 0.6) is 0 Å². The fraction of sp³-hybridized carbons (Fsp3) is 0.804. The van der Waals surface area contributed by atoms with Crippen molar-refractivity contribution in [3.63, 3.8) is 0 Å². The fourth-order valence-corrected chi connectivity index (χ4v) is 6.99. The molecule has 12 heteroatoms. The van der Waals surface area contributed by atoms with Gasteiger partial charge in [-0.3, -0.25) is 23.4 Å². The zero-order chi connectivity index (χ0) is 42.8. The zero-order valence-corrected chi connectivity index (χ0v) is 37.5. The summed E-state index contributed by atoms with van der Waals surface area (Å²) in [5, 5.41) is 8.90. The summed E-state index contributed by atoms with van der Waals surface area (Å²) in [7, 11) is -4.72. The van der Waals surface area contributed by atoms with Crippen molar-refractivity contribution in [2.75, 3.05) is 19.8 Å². The van der Waals surface area contributed by atoms with Gasteiger partial charge in [0.05, 0.1) is 13.2 Å². The Morgan fingerprint density at radius 3 is 1.40 bits per heavy atom. The Labute approximate surface area is 353 Å². The number of esters is 2. The Hall–Kier alpha value is -2.30. The van der Waals surface area contributed by atoms with Crippen LogP contribution in [0.25, 0.3) is 0 Å². The molecule has 0 aromatic rings. The molecular formula is C46H84NO10P. The van der Waals surface area contributed by atoms with E-state index in [9.17, 15) is 23.8 Å². The molecule has 0 aliphatic heterocycles. The van der Waals surface area contributed by atoms with E-state index in [0.29, 0.717) is 12.8 Å². The number of carbonyl (C=O) groups excluding carboxylic acids is 2. The Morgan fingerprint density at radius 1 is 0.534 bits per heavy atom. The van der Waals surface area contributed by atoms with Crippen molar-refractivity contribution >= 4 is 25.7 Å². The van der Waals surface area contributed by atoms with Crippen LogP contribution < -0.4 is 5.73 Å². The molecule has 0 saturated carbocycles. The monoisotopic (exact) mass is 842 g/mol. The van der Waals surface area contributed by atoms with E-state index in [1.54, 1.807) is 0 Å². The SMILES string of the molecule is CCCCC/C=C\C/C=C\CCCCCCCCCCCC(=O)OC[C@H](COP(=O)(O)OC[C@H](N)C(=O)O)OC(=O)CCCCCCC/C=C\CCCCCCCC. The molecule has 0 aromatic heterocycles. The summed E-state index contributed by atoms with van der Waals surface area (Å²) in [6.07, 6.45) is 44.9. The van der Waals surface area contributed by atoms with Crippen LogP contribution in [0.2, 0.25) is 0 Å². The van der Waals surface area contributed by atoms with E-state index in [1.165, 1.54) is 96.3 Å². The largest absolute Gasteiger partial charge is 0.480 e. The predicted octanol–water partition coefficient (Wildman–Crippen LogP) is 12.4. The minimum atomic E-state index is -4.72. The molecule has 4 N–H and O–H groups in total. The fourth-order valence-electron chi connectivity index (χ4n) is 6.21. The van der Waals surface area contributed by atoms with Gasteiger partial charge < -0.3 is 25.2 Å². The summed E-state index contributed by atoms with van der Waals surface area (Å²) in [5.74, 6) is -2.39. The van der Waals surface area contributed by atoms with E-state index in [0.717, 1.165) is 70.6 Å². The van der Waals surface area contributed by atoms with E-state index in [-0.39, 0.29) is 19.4 Å². The van der Waals surface area contributed by atoms with Crippen LogP contribution in [0.15, 0.2) is 36.5 Å². The highest BCUT2D eigenvalue weighted by Crippen LogP contribution is 2.43. The number of rotatable bonds is 43. The van der Waals surface area contributed by atoms with Crippen molar-refractivity contribution in [1.29, 1.82) is 0 Å². The Kier molecular flexibility index (Phi) is 39.8. The normalized spacial score (nSPS) is 14.0. The highest BCUT2D eigenvalue weighted by Gasteiger charge is 2.28. The Morgan fingerprint density at radius 2 is 0.914 bits per heavy atom. The second kappa shape index (κ2) is 41.4. The maximum Gasteiger partial charge on any atom is 0.472 e. The molecule has 0 bridgehead atoms. The Balaban J connectivity index is 4.32. The van der Waals surface area contributed by atoms with E-state index in [2.05, 4.69) is 54.8 Å². The Bertz CT molecular complexity index is 1130. The number of phosphoric ester groups is 1. The summed E-state index contributed by atoms with van der Waals surface area (Å²) >= 11 is 0. The molecule has 0 rings (SSSR count).